The molecular weight excluding hydrogens is 404 g/mol. The molecule has 0 bridgehead atoms. The highest BCUT2D eigenvalue weighted by Crippen LogP contribution is 2.37. The van der Waals surface area contributed by atoms with Crippen LogP contribution in [-0.4, -0.2) is 37.7 Å². The molecule has 27 heavy (non-hydrogen) atoms. The molecule has 1 heterocycles. The summed E-state index contributed by atoms with van der Waals surface area (Å²) in [6, 6.07) is 15.0. The van der Waals surface area contributed by atoms with E-state index in [1.54, 1.807) is 7.11 Å². The highest BCUT2D eigenvalue weighted by Gasteiger charge is 2.22. The van der Waals surface area contributed by atoms with E-state index >= 15 is 0 Å². The van der Waals surface area contributed by atoms with Crippen molar-refractivity contribution < 1.29 is 9.47 Å². The van der Waals surface area contributed by atoms with Gasteiger partial charge in [-0.1, -0.05) is 37.3 Å². The van der Waals surface area contributed by atoms with Crippen molar-refractivity contribution in [2.45, 2.75) is 39.0 Å². The minimum atomic E-state index is 0.516. The predicted octanol–water partition coefficient (Wildman–Crippen LogP) is 4.61. The van der Waals surface area contributed by atoms with Gasteiger partial charge in [0.1, 0.15) is 6.61 Å². The number of nitrogens with one attached hydrogen (secondary N) is 1. The molecule has 0 radical (unpaired) electrons. The van der Waals surface area contributed by atoms with E-state index in [1.807, 2.05) is 18.2 Å². The van der Waals surface area contributed by atoms with Gasteiger partial charge in [0.15, 0.2) is 11.5 Å². The molecule has 0 amide bonds. The molecule has 1 unspecified atom stereocenters. The fourth-order valence-corrected chi connectivity index (χ4v) is 4.27. The van der Waals surface area contributed by atoms with Crippen molar-refractivity contribution in [3.05, 3.63) is 58.1 Å². The zero-order valence-corrected chi connectivity index (χ0v) is 17.8. The monoisotopic (exact) mass is 432 g/mol. The maximum Gasteiger partial charge on any atom is 0.175 e. The standard InChI is InChI=1S/C22H29BrN2O2/c1-3-25-11-7-10-19(25)15-24-14-18-12-20(23)22(21(13-18)26-2)27-16-17-8-5-4-6-9-17/h4-6,8-9,12-13,19,24H,3,7,10-11,14-16H2,1-2H3. The van der Waals surface area contributed by atoms with E-state index < -0.39 is 0 Å². The Labute approximate surface area is 171 Å². The average molecular weight is 433 g/mol. The average Bonchev–Trinajstić information content (AvgIpc) is 3.15. The van der Waals surface area contributed by atoms with E-state index in [2.05, 4.69) is 57.3 Å². The van der Waals surface area contributed by atoms with E-state index in [1.165, 1.54) is 24.9 Å². The van der Waals surface area contributed by atoms with Crippen LogP contribution in [0.4, 0.5) is 0 Å². The van der Waals surface area contributed by atoms with E-state index in [0.717, 1.165) is 41.2 Å². The Morgan fingerprint density at radius 3 is 2.74 bits per heavy atom. The fraction of sp³-hybridized carbons (Fsp3) is 0.455. The van der Waals surface area contributed by atoms with Gasteiger partial charge in [-0.15, -0.1) is 0 Å². The van der Waals surface area contributed by atoms with Crippen molar-refractivity contribution in [3.63, 3.8) is 0 Å². The topological polar surface area (TPSA) is 33.7 Å². The van der Waals surface area contributed by atoms with Crippen LogP contribution in [0.25, 0.3) is 0 Å². The molecule has 3 rings (SSSR count). The molecular formula is C22H29BrN2O2. The Balaban J connectivity index is 1.59. The smallest absolute Gasteiger partial charge is 0.175 e. The molecule has 1 aliphatic rings. The number of likely N-dealkylation sites (tertiary alicyclic amines) is 1. The molecule has 2 aromatic carbocycles. The zero-order valence-electron chi connectivity index (χ0n) is 16.2. The lowest BCUT2D eigenvalue weighted by Crippen LogP contribution is -2.37. The highest BCUT2D eigenvalue weighted by molar-refractivity contribution is 9.10. The summed E-state index contributed by atoms with van der Waals surface area (Å²) in [5.74, 6) is 1.51. The van der Waals surface area contributed by atoms with Gasteiger partial charge < -0.3 is 14.8 Å². The molecule has 146 valence electrons. The van der Waals surface area contributed by atoms with Gasteiger partial charge in [-0.05, 0) is 65.1 Å². The van der Waals surface area contributed by atoms with Crippen LogP contribution >= 0.6 is 15.9 Å². The number of halogens is 1. The molecule has 1 fully saturated rings. The Kier molecular flexibility index (Phi) is 7.56. The molecule has 0 spiro atoms. The van der Waals surface area contributed by atoms with Crippen LogP contribution in [0.1, 0.15) is 30.9 Å². The number of hydrogen-bond acceptors (Lipinski definition) is 4. The second-order valence-electron chi connectivity index (χ2n) is 6.94. The third-order valence-corrected chi connectivity index (χ3v) is 5.72. The predicted molar refractivity (Wildman–Crippen MR) is 113 cm³/mol. The molecule has 4 nitrogen and oxygen atoms in total. The normalized spacial score (nSPS) is 17.2. The summed E-state index contributed by atoms with van der Waals surface area (Å²) < 4.78 is 12.5. The van der Waals surface area contributed by atoms with Crippen LogP contribution in [0.2, 0.25) is 0 Å². The maximum atomic E-state index is 6.02. The molecule has 1 N–H and O–H groups in total. The van der Waals surface area contributed by atoms with Gasteiger partial charge in [0, 0.05) is 19.1 Å². The lowest BCUT2D eigenvalue weighted by Gasteiger charge is -2.23. The van der Waals surface area contributed by atoms with Crippen molar-refractivity contribution in [2.24, 2.45) is 0 Å². The lowest BCUT2D eigenvalue weighted by atomic mass is 10.1. The first-order chi connectivity index (χ1) is 13.2. The van der Waals surface area contributed by atoms with Crippen LogP contribution in [-0.2, 0) is 13.2 Å². The molecule has 1 atom stereocenters. The summed E-state index contributed by atoms with van der Waals surface area (Å²) in [5, 5.41) is 3.60. The second-order valence-corrected chi connectivity index (χ2v) is 7.79. The van der Waals surface area contributed by atoms with Crippen molar-refractivity contribution in [2.75, 3.05) is 26.7 Å². The van der Waals surface area contributed by atoms with E-state index in [4.69, 9.17) is 9.47 Å². The van der Waals surface area contributed by atoms with Gasteiger partial charge in [0.05, 0.1) is 11.6 Å². The van der Waals surface area contributed by atoms with Gasteiger partial charge in [0.25, 0.3) is 0 Å². The minimum absolute atomic E-state index is 0.516. The van der Waals surface area contributed by atoms with Crippen LogP contribution in [0.15, 0.2) is 46.9 Å². The van der Waals surface area contributed by atoms with Gasteiger partial charge in [0.2, 0.25) is 0 Å². The van der Waals surface area contributed by atoms with E-state index in [0.29, 0.717) is 12.6 Å². The molecule has 0 saturated carbocycles. The van der Waals surface area contributed by atoms with Crippen molar-refractivity contribution in [3.8, 4) is 11.5 Å². The summed E-state index contributed by atoms with van der Waals surface area (Å²) in [5.41, 5.74) is 2.32. The maximum absolute atomic E-state index is 6.02. The highest BCUT2D eigenvalue weighted by atomic mass is 79.9. The van der Waals surface area contributed by atoms with Crippen molar-refractivity contribution >= 4 is 15.9 Å². The minimum Gasteiger partial charge on any atom is -0.493 e. The van der Waals surface area contributed by atoms with Crippen molar-refractivity contribution in [1.29, 1.82) is 0 Å². The molecule has 0 aliphatic carbocycles. The van der Waals surface area contributed by atoms with Gasteiger partial charge in [-0.25, -0.2) is 0 Å². The van der Waals surface area contributed by atoms with Crippen LogP contribution in [0.3, 0.4) is 0 Å². The number of methoxy groups -OCH3 is 1. The second kappa shape index (κ2) is 10.1. The first-order valence-corrected chi connectivity index (χ1v) is 10.5. The number of nitrogens with zero attached hydrogens (tertiary/aromatic N) is 1. The first-order valence-electron chi connectivity index (χ1n) is 9.69. The first kappa shape index (κ1) is 20.2. The van der Waals surface area contributed by atoms with E-state index in [-0.39, 0.29) is 0 Å². The van der Waals surface area contributed by atoms with Crippen LogP contribution in [0, 0.1) is 0 Å². The third kappa shape index (κ3) is 5.47. The molecule has 1 aliphatic heterocycles. The Hall–Kier alpha value is -1.56. The summed E-state index contributed by atoms with van der Waals surface area (Å²) in [6.45, 7) is 6.98. The Morgan fingerprint density at radius 1 is 1.19 bits per heavy atom. The van der Waals surface area contributed by atoms with E-state index in [9.17, 15) is 0 Å². The summed E-state index contributed by atoms with van der Waals surface area (Å²) in [7, 11) is 1.69. The van der Waals surface area contributed by atoms with Gasteiger partial charge in [-0.2, -0.15) is 0 Å². The number of benzene rings is 2. The van der Waals surface area contributed by atoms with Gasteiger partial charge >= 0.3 is 0 Å². The Bertz CT molecular complexity index is 724. The van der Waals surface area contributed by atoms with Gasteiger partial charge in [-0.3, -0.25) is 4.90 Å². The summed E-state index contributed by atoms with van der Waals surface area (Å²) in [4.78, 5) is 2.56. The molecule has 0 aromatic heterocycles. The summed E-state index contributed by atoms with van der Waals surface area (Å²) >= 11 is 3.65. The fourth-order valence-electron chi connectivity index (χ4n) is 3.67. The lowest BCUT2D eigenvalue weighted by molar-refractivity contribution is 0.259. The molecule has 5 heteroatoms. The third-order valence-electron chi connectivity index (χ3n) is 5.13. The number of rotatable bonds is 9. The van der Waals surface area contributed by atoms with Crippen molar-refractivity contribution in [1.82, 2.24) is 10.2 Å². The van der Waals surface area contributed by atoms with Crippen LogP contribution < -0.4 is 14.8 Å². The summed E-state index contributed by atoms with van der Waals surface area (Å²) in [6.07, 6.45) is 2.60. The molecule has 1 saturated heterocycles. The number of likely N-dealkylation sites (N-methyl/N-ethyl adjacent to an activating group) is 1. The number of ether oxygens (including phenoxy) is 2. The molecule has 2 aromatic rings. The number of hydrogen-bond donors (Lipinski definition) is 1. The zero-order chi connectivity index (χ0) is 19.1. The SMILES string of the molecule is CCN1CCCC1CNCc1cc(Br)c(OCc2ccccc2)c(OC)c1. The Morgan fingerprint density at radius 2 is 2.00 bits per heavy atom. The largest absolute Gasteiger partial charge is 0.493 e. The van der Waals surface area contributed by atoms with Crippen LogP contribution in [0.5, 0.6) is 11.5 Å². The quantitative estimate of drug-likeness (QED) is 0.626.